The van der Waals surface area contributed by atoms with Crippen molar-refractivity contribution in [3.8, 4) is 5.75 Å². The summed E-state index contributed by atoms with van der Waals surface area (Å²) in [6.45, 7) is 3.10. The largest absolute Gasteiger partial charge is 0.542 e. The minimum absolute atomic E-state index is 0.348. The molecule has 4 heterocycles. The van der Waals surface area contributed by atoms with Crippen molar-refractivity contribution in [2.45, 2.75) is 57.8 Å². The average Bonchev–Trinajstić information content (AvgIpc) is 3.07. The zero-order valence-corrected chi connectivity index (χ0v) is 28.8. The molecule has 0 unspecified atom stereocenters. The zero-order chi connectivity index (χ0) is 37.3. The quantitative estimate of drug-likeness (QED) is 0.115. The van der Waals surface area contributed by atoms with E-state index in [0.717, 1.165) is 52.0 Å². The maximum absolute atomic E-state index is 11.2. The molecule has 6 bridgehead atoms. The van der Waals surface area contributed by atoms with E-state index in [1.807, 2.05) is 0 Å². The van der Waals surface area contributed by atoms with Gasteiger partial charge in [0.25, 0.3) is 0 Å². The maximum atomic E-state index is 11.2. The van der Waals surface area contributed by atoms with E-state index in [2.05, 4.69) is 128 Å². The molecule has 0 radical (unpaired) electrons. The molecule has 2 aliphatic heterocycles. The summed E-state index contributed by atoms with van der Waals surface area (Å²) in [5.41, 5.74) is 6.43. The first kappa shape index (κ1) is 38.9. The SMILES string of the molecule is O=C([O-])C(F)(F)F.O=C([O-])C(F)(F)F.Oc1c2cc(I)cc1CNc1cc[n+](c3ccccc13)CCCCC[n+]1ccc(c3ccccc31)NC2. The van der Waals surface area contributed by atoms with E-state index in [-0.39, 0.29) is 0 Å². The van der Waals surface area contributed by atoms with Gasteiger partial charge in [0.15, 0.2) is 12.4 Å². The number of fused-ring (bicyclic) bond motifs is 8. The molecular weight excluding hydrogens is 797 g/mol. The lowest BCUT2D eigenvalue weighted by molar-refractivity contribution is -0.675. The molecule has 0 spiro atoms. The summed E-state index contributed by atoms with van der Waals surface area (Å²) in [6.07, 6.45) is -2.56. The zero-order valence-electron chi connectivity index (χ0n) is 26.7. The number of aromatic nitrogens is 2. The van der Waals surface area contributed by atoms with Gasteiger partial charge in [-0.1, -0.05) is 24.3 Å². The van der Waals surface area contributed by atoms with E-state index in [0.29, 0.717) is 18.8 Å². The predicted octanol–water partition coefficient (Wildman–Crippen LogP) is 4.88. The third-order valence-electron chi connectivity index (χ3n) is 7.78. The van der Waals surface area contributed by atoms with Gasteiger partial charge in [0.1, 0.15) is 30.8 Å². The number of para-hydroxylation sites is 2. The van der Waals surface area contributed by atoms with E-state index in [9.17, 15) is 31.4 Å². The average molecular weight is 829 g/mol. The Morgan fingerprint density at radius 3 is 1.41 bits per heavy atom. The number of aryl methyl sites for hydroxylation is 2. The van der Waals surface area contributed by atoms with Crippen molar-refractivity contribution >= 4 is 67.7 Å². The Balaban J connectivity index is 0.000000353. The van der Waals surface area contributed by atoms with Gasteiger partial charge in [-0.25, -0.2) is 0 Å². The number of pyridine rings is 2. The van der Waals surface area contributed by atoms with E-state index in [1.165, 1.54) is 28.2 Å². The van der Waals surface area contributed by atoms with Gasteiger partial charge >= 0.3 is 12.4 Å². The Hall–Kier alpha value is -4.87. The molecule has 51 heavy (non-hydrogen) atoms. The molecular formula is C35H31F6IN4O5. The van der Waals surface area contributed by atoms with Crippen LogP contribution in [0.15, 0.2) is 85.2 Å². The number of carboxylic acid groups (broad SMARTS) is 2. The molecule has 9 nitrogen and oxygen atoms in total. The fraction of sp³-hybridized carbons (Fsp3) is 0.257. The Bertz CT molecular complexity index is 1890. The highest BCUT2D eigenvalue weighted by Gasteiger charge is 2.29. The number of carbonyl (C=O) groups is 2. The standard InChI is InChI=1S/C31H29IN4O.2C2HF3O2/c32-24-18-22-20-33-27-12-16-35(29-10-4-2-8-25(27)29)14-6-1-7-15-36-17-13-28(26-9-3-5-11-30(26)36)34-21-23(19-24)31(22)37;2*3-2(4,5)1(6)7/h2-5,8-13,16-19,37H,1,6-7,14-15,20-21H2;2*(H,6,7). The van der Waals surface area contributed by atoms with Crippen LogP contribution in [0, 0.1) is 3.57 Å². The Morgan fingerprint density at radius 1 is 0.667 bits per heavy atom. The lowest BCUT2D eigenvalue weighted by Crippen LogP contribution is -2.37. The van der Waals surface area contributed by atoms with Crippen LogP contribution < -0.4 is 30.0 Å². The second-order valence-electron chi connectivity index (χ2n) is 11.3. The van der Waals surface area contributed by atoms with Crippen LogP contribution in [0.25, 0.3) is 21.8 Å². The smallest absolute Gasteiger partial charge is 0.430 e. The number of aromatic hydroxyl groups is 1. The first-order chi connectivity index (χ1) is 24.1. The van der Waals surface area contributed by atoms with Crippen molar-refractivity contribution in [2.24, 2.45) is 0 Å². The first-order valence-electron chi connectivity index (χ1n) is 15.4. The minimum Gasteiger partial charge on any atom is -0.542 e. The number of nitrogens with one attached hydrogen (secondary N) is 2. The number of phenols is 1. The van der Waals surface area contributed by atoms with Gasteiger partial charge in [-0.3, -0.25) is 0 Å². The molecule has 0 saturated carbocycles. The fourth-order valence-corrected chi connectivity index (χ4v) is 6.13. The molecule has 5 aromatic rings. The number of hydrogen-bond donors (Lipinski definition) is 3. The van der Waals surface area contributed by atoms with E-state index >= 15 is 0 Å². The van der Waals surface area contributed by atoms with Crippen molar-refractivity contribution in [3.63, 3.8) is 0 Å². The van der Waals surface area contributed by atoms with Gasteiger partial charge < -0.3 is 35.5 Å². The molecule has 2 aliphatic rings. The van der Waals surface area contributed by atoms with Crippen LogP contribution in [0.4, 0.5) is 37.7 Å². The van der Waals surface area contributed by atoms with E-state index in [1.54, 1.807) is 0 Å². The molecule has 16 heteroatoms. The van der Waals surface area contributed by atoms with Crippen molar-refractivity contribution in [2.75, 3.05) is 10.6 Å². The summed E-state index contributed by atoms with van der Waals surface area (Å²) >= 11 is 2.34. The van der Waals surface area contributed by atoms with Crippen LogP contribution in [0.5, 0.6) is 5.75 Å². The molecule has 3 aromatic carbocycles. The van der Waals surface area contributed by atoms with Crippen LogP contribution in [-0.2, 0) is 35.8 Å². The second kappa shape index (κ2) is 16.9. The summed E-state index contributed by atoms with van der Waals surface area (Å²) in [5.74, 6) is -5.67. The molecule has 0 aliphatic carbocycles. The number of alkyl halides is 6. The van der Waals surface area contributed by atoms with Gasteiger partial charge in [-0.05, 0) is 53.3 Å². The topological polar surface area (TPSA) is 132 Å². The lowest BCUT2D eigenvalue weighted by Gasteiger charge is -2.15. The second-order valence-corrected chi connectivity index (χ2v) is 12.5. The van der Waals surface area contributed by atoms with Gasteiger partial charge in [-0.15, -0.1) is 0 Å². The van der Waals surface area contributed by atoms with Gasteiger partial charge in [0.2, 0.25) is 11.0 Å². The number of benzene rings is 3. The lowest BCUT2D eigenvalue weighted by atomic mass is 10.1. The van der Waals surface area contributed by atoms with Gasteiger partial charge in [-0.2, -0.15) is 35.5 Å². The van der Waals surface area contributed by atoms with Gasteiger partial charge in [0.05, 0.1) is 22.1 Å². The monoisotopic (exact) mass is 828 g/mol. The molecule has 0 saturated heterocycles. The van der Waals surface area contributed by atoms with Crippen LogP contribution in [0.1, 0.15) is 30.4 Å². The Labute approximate surface area is 301 Å². The number of aliphatic carboxylic acids is 2. The number of hydrogen-bond acceptors (Lipinski definition) is 7. The third kappa shape index (κ3) is 10.6. The molecule has 0 fully saturated rings. The molecule has 0 amide bonds. The summed E-state index contributed by atoms with van der Waals surface area (Å²) in [7, 11) is 0. The molecule has 0 atom stereocenters. The minimum atomic E-state index is -5.19. The number of halogens is 7. The number of carboxylic acids is 2. The summed E-state index contributed by atoms with van der Waals surface area (Å²) in [5, 5.41) is 38.4. The number of nitrogens with zero attached hydrogens (tertiary/aromatic N) is 2. The summed E-state index contributed by atoms with van der Waals surface area (Å²) < 4.78 is 68.9. The van der Waals surface area contributed by atoms with Gasteiger partial charge in [0, 0.05) is 64.9 Å². The number of rotatable bonds is 0. The molecule has 2 aromatic heterocycles. The molecule has 7 rings (SSSR count). The fourth-order valence-electron chi connectivity index (χ4n) is 5.38. The van der Waals surface area contributed by atoms with Crippen molar-refractivity contribution in [1.29, 1.82) is 0 Å². The number of carbonyl (C=O) groups excluding carboxylic acids is 2. The van der Waals surface area contributed by atoms with Crippen LogP contribution in [0.3, 0.4) is 0 Å². The summed E-state index contributed by atoms with van der Waals surface area (Å²) in [6, 6.07) is 25.6. The Morgan fingerprint density at radius 2 is 1.04 bits per heavy atom. The van der Waals surface area contributed by atoms with Crippen LogP contribution in [0.2, 0.25) is 0 Å². The maximum Gasteiger partial charge on any atom is 0.430 e. The first-order valence-corrected chi connectivity index (χ1v) is 16.5. The normalized spacial score (nSPS) is 13.5. The molecule has 270 valence electrons. The molecule has 3 N–H and O–H groups in total. The summed E-state index contributed by atoms with van der Waals surface area (Å²) in [4.78, 5) is 17.6. The highest BCUT2D eigenvalue weighted by atomic mass is 127. The van der Waals surface area contributed by atoms with Crippen molar-refractivity contribution < 1.29 is 60.4 Å². The highest BCUT2D eigenvalue weighted by Crippen LogP contribution is 2.30. The Kier molecular flexibility index (Phi) is 12.9. The van der Waals surface area contributed by atoms with E-state index in [4.69, 9.17) is 19.8 Å². The predicted molar refractivity (Wildman–Crippen MR) is 180 cm³/mol. The van der Waals surface area contributed by atoms with Crippen LogP contribution >= 0.6 is 22.6 Å². The van der Waals surface area contributed by atoms with Crippen molar-refractivity contribution in [3.05, 3.63) is 99.9 Å². The van der Waals surface area contributed by atoms with E-state index < -0.39 is 24.3 Å². The number of anilines is 2. The number of phenolic OH excluding ortho intramolecular Hbond substituents is 1. The van der Waals surface area contributed by atoms with Crippen LogP contribution in [-0.4, -0.2) is 29.4 Å². The van der Waals surface area contributed by atoms with Crippen molar-refractivity contribution in [1.82, 2.24) is 0 Å². The third-order valence-corrected chi connectivity index (χ3v) is 8.40. The highest BCUT2D eigenvalue weighted by molar-refractivity contribution is 14.1.